The molecule has 32 heavy (non-hydrogen) atoms. The van der Waals surface area contributed by atoms with Gasteiger partial charge in [0.15, 0.2) is 5.17 Å². The number of carbonyl (C=O) groups is 1. The summed E-state index contributed by atoms with van der Waals surface area (Å²) in [6, 6.07) is 25.8. The maximum atomic E-state index is 13.6. The molecule has 160 valence electrons. The standard InChI is InChI=1S/C25H21N3O2S2/c1-27-20-15-19(30-2)13-14-21(20)31-24(27)22-23(29)28(18-11-7-4-8-12-18)25(32-22)26-16-17-9-5-3-6-10-17/h3-15H,16H2,1-2H3. The Morgan fingerprint density at radius 2 is 1.66 bits per heavy atom. The Balaban J connectivity index is 1.54. The lowest BCUT2D eigenvalue weighted by molar-refractivity contribution is -0.113. The van der Waals surface area contributed by atoms with Crippen LogP contribution in [-0.4, -0.2) is 25.2 Å². The van der Waals surface area contributed by atoms with Crippen LogP contribution in [0.5, 0.6) is 5.75 Å². The molecule has 5 nitrogen and oxygen atoms in total. The second-order valence-electron chi connectivity index (χ2n) is 7.29. The number of aliphatic imine (C=N–C) groups is 1. The molecule has 1 fully saturated rings. The predicted octanol–water partition coefficient (Wildman–Crippen LogP) is 5.74. The number of benzene rings is 3. The molecule has 0 aromatic heterocycles. The average Bonchev–Trinajstić information content (AvgIpc) is 3.34. The van der Waals surface area contributed by atoms with Crippen molar-refractivity contribution in [2.24, 2.45) is 4.99 Å². The SMILES string of the molecule is COc1ccc2c(c1)N(C)C(=C1SC(=NCc3ccccc3)N(c3ccccc3)C1=O)S2. The largest absolute Gasteiger partial charge is 0.497 e. The molecule has 0 N–H and O–H groups in total. The monoisotopic (exact) mass is 459 g/mol. The lowest BCUT2D eigenvalue weighted by Crippen LogP contribution is -2.29. The Hall–Kier alpha value is -3.16. The van der Waals surface area contributed by atoms with Gasteiger partial charge >= 0.3 is 0 Å². The summed E-state index contributed by atoms with van der Waals surface area (Å²) in [5.74, 6) is 0.742. The van der Waals surface area contributed by atoms with Crippen LogP contribution in [0.1, 0.15) is 5.56 Å². The van der Waals surface area contributed by atoms with Crippen LogP contribution in [0.4, 0.5) is 11.4 Å². The van der Waals surface area contributed by atoms with Crippen molar-refractivity contribution in [3.05, 3.63) is 94.4 Å². The third-order valence-electron chi connectivity index (χ3n) is 5.27. The van der Waals surface area contributed by atoms with E-state index >= 15 is 0 Å². The Morgan fingerprint density at radius 1 is 0.938 bits per heavy atom. The van der Waals surface area contributed by atoms with Crippen LogP contribution >= 0.6 is 23.5 Å². The zero-order valence-corrected chi connectivity index (χ0v) is 19.3. The molecule has 0 unspecified atom stereocenters. The third kappa shape index (κ3) is 3.78. The fourth-order valence-corrected chi connectivity index (χ4v) is 5.91. The molecule has 0 atom stereocenters. The minimum atomic E-state index is -0.0536. The first-order valence-corrected chi connectivity index (χ1v) is 11.8. The van der Waals surface area contributed by atoms with Gasteiger partial charge in [-0.15, -0.1) is 0 Å². The molecule has 3 aromatic rings. The van der Waals surface area contributed by atoms with Gasteiger partial charge in [0.1, 0.15) is 10.7 Å². The molecule has 0 radical (unpaired) electrons. The lowest BCUT2D eigenvalue weighted by atomic mass is 10.2. The molecular formula is C25H21N3O2S2. The zero-order chi connectivity index (χ0) is 22.1. The second kappa shape index (κ2) is 8.76. The van der Waals surface area contributed by atoms with E-state index in [0.717, 1.165) is 32.6 Å². The summed E-state index contributed by atoms with van der Waals surface area (Å²) in [6.07, 6.45) is 0. The topological polar surface area (TPSA) is 45.1 Å². The number of ether oxygens (including phenoxy) is 1. The fourth-order valence-electron chi connectivity index (χ4n) is 3.61. The van der Waals surface area contributed by atoms with E-state index in [-0.39, 0.29) is 5.91 Å². The summed E-state index contributed by atoms with van der Waals surface area (Å²) in [7, 11) is 3.65. The maximum Gasteiger partial charge on any atom is 0.274 e. The molecule has 2 aliphatic heterocycles. The summed E-state index contributed by atoms with van der Waals surface area (Å²) < 4.78 is 5.38. The zero-order valence-electron chi connectivity index (χ0n) is 17.7. The summed E-state index contributed by atoms with van der Waals surface area (Å²) in [5, 5.41) is 1.60. The number of nitrogens with zero attached hydrogens (tertiary/aromatic N) is 3. The highest BCUT2D eigenvalue weighted by Gasteiger charge is 2.40. The Labute approximate surface area is 195 Å². The Bertz CT molecular complexity index is 1230. The van der Waals surface area contributed by atoms with Gasteiger partial charge < -0.3 is 9.64 Å². The summed E-state index contributed by atoms with van der Waals surface area (Å²) in [6.45, 7) is 0.517. The van der Waals surface area contributed by atoms with E-state index < -0.39 is 0 Å². The highest BCUT2D eigenvalue weighted by Crippen LogP contribution is 2.51. The van der Waals surface area contributed by atoms with E-state index in [9.17, 15) is 4.79 Å². The molecule has 1 saturated heterocycles. The van der Waals surface area contributed by atoms with Crippen molar-refractivity contribution in [3.63, 3.8) is 0 Å². The average molecular weight is 460 g/mol. The van der Waals surface area contributed by atoms with Gasteiger partial charge in [-0.3, -0.25) is 14.7 Å². The van der Waals surface area contributed by atoms with Gasteiger partial charge in [0.05, 0.1) is 30.1 Å². The highest BCUT2D eigenvalue weighted by atomic mass is 32.2. The first-order chi connectivity index (χ1) is 15.7. The highest BCUT2D eigenvalue weighted by molar-refractivity contribution is 8.20. The number of carbonyl (C=O) groups excluding carboxylic acids is 1. The number of thioether (sulfide) groups is 2. The minimum absolute atomic E-state index is 0.0536. The molecule has 2 heterocycles. The molecule has 1 amide bonds. The summed E-state index contributed by atoms with van der Waals surface area (Å²) >= 11 is 3.04. The van der Waals surface area contributed by atoms with Crippen LogP contribution in [0.2, 0.25) is 0 Å². The van der Waals surface area contributed by atoms with Crippen LogP contribution in [0, 0.1) is 0 Å². The number of amides is 1. The summed E-state index contributed by atoms with van der Waals surface area (Å²) in [4.78, 5) is 24.0. The number of anilines is 2. The van der Waals surface area contributed by atoms with E-state index in [0.29, 0.717) is 16.6 Å². The summed E-state index contributed by atoms with van der Waals surface area (Å²) in [5.41, 5.74) is 2.96. The van der Waals surface area contributed by atoms with Crippen LogP contribution in [0.15, 0.2) is 98.7 Å². The van der Waals surface area contributed by atoms with E-state index in [2.05, 4.69) is 4.90 Å². The first-order valence-electron chi connectivity index (χ1n) is 10.2. The van der Waals surface area contributed by atoms with Gasteiger partial charge in [0.25, 0.3) is 5.91 Å². The molecule has 2 aliphatic rings. The van der Waals surface area contributed by atoms with Gasteiger partial charge in [-0.05, 0) is 41.6 Å². The lowest BCUT2D eigenvalue weighted by Gasteiger charge is -2.17. The minimum Gasteiger partial charge on any atom is -0.497 e. The van der Waals surface area contributed by atoms with Gasteiger partial charge in [0, 0.05) is 18.0 Å². The van der Waals surface area contributed by atoms with Crippen molar-refractivity contribution < 1.29 is 9.53 Å². The van der Waals surface area contributed by atoms with E-state index in [1.165, 1.54) is 11.8 Å². The molecule has 5 rings (SSSR count). The van der Waals surface area contributed by atoms with Gasteiger partial charge in [0.2, 0.25) is 0 Å². The second-order valence-corrected chi connectivity index (χ2v) is 9.30. The Kier molecular flexibility index (Phi) is 5.68. The molecule has 0 saturated carbocycles. The van der Waals surface area contributed by atoms with Crippen molar-refractivity contribution >= 4 is 46.0 Å². The van der Waals surface area contributed by atoms with Crippen LogP contribution in [-0.2, 0) is 11.3 Å². The first kappa shape index (κ1) is 20.7. The van der Waals surface area contributed by atoms with Gasteiger partial charge in [-0.25, -0.2) is 0 Å². The number of methoxy groups -OCH3 is 1. The number of hydrogen-bond acceptors (Lipinski definition) is 6. The number of fused-ring (bicyclic) bond motifs is 1. The van der Waals surface area contributed by atoms with E-state index in [1.807, 2.05) is 85.9 Å². The van der Waals surface area contributed by atoms with E-state index in [4.69, 9.17) is 9.73 Å². The van der Waals surface area contributed by atoms with Crippen molar-refractivity contribution in [1.82, 2.24) is 0 Å². The molecule has 7 heteroatoms. The van der Waals surface area contributed by atoms with Crippen molar-refractivity contribution in [2.75, 3.05) is 24.0 Å². The van der Waals surface area contributed by atoms with Crippen molar-refractivity contribution in [1.29, 1.82) is 0 Å². The van der Waals surface area contributed by atoms with Crippen LogP contribution in [0.25, 0.3) is 0 Å². The molecule has 0 aliphatic carbocycles. The van der Waals surface area contributed by atoms with Crippen molar-refractivity contribution in [2.45, 2.75) is 11.4 Å². The Morgan fingerprint density at radius 3 is 2.38 bits per heavy atom. The smallest absolute Gasteiger partial charge is 0.274 e. The molecular weight excluding hydrogens is 438 g/mol. The van der Waals surface area contributed by atoms with Crippen LogP contribution < -0.4 is 14.5 Å². The number of amidine groups is 1. The maximum absolute atomic E-state index is 13.6. The molecule has 3 aromatic carbocycles. The van der Waals surface area contributed by atoms with Gasteiger partial charge in [-0.1, -0.05) is 60.3 Å². The van der Waals surface area contributed by atoms with E-state index in [1.54, 1.807) is 23.8 Å². The predicted molar refractivity (Wildman–Crippen MR) is 133 cm³/mol. The van der Waals surface area contributed by atoms with Gasteiger partial charge in [-0.2, -0.15) is 0 Å². The molecule has 0 bridgehead atoms. The third-order valence-corrected chi connectivity index (χ3v) is 7.70. The van der Waals surface area contributed by atoms with Crippen molar-refractivity contribution in [3.8, 4) is 5.75 Å². The number of hydrogen-bond donors (Lipinski definition) is 0. The number of para-hydroxylation sites is 1. The number of rotatable bonds is 4. The fraction of sp³-hybridized carbons (Fsp3) is 0.120. The normalized spacial score (nSPS) is 19.1. The molecule has 0 spiro atoms. The quantitative estimate of drug-likeness (QED) is 0.466. The van der Waals surface area contributed by atoms with Crippen LogP contribution in [0.3, 0.4) is 0 Å².